The minimum atomic E-state index is -0.529. The number of aromatic nitrogens is 2. The Balaban J connectivity index is 2.63. The molecule has 2 amide bonds. The number of nitrogens with two attached hydrogens (primary N) is 1. The molecule has 1 heterocycles. The summed E-state index contributed by atoms with van der Waals surface area (Å²) in [6.45, 7) is 5.08. The molecule has 0 aromatic carbocycles. The SMILES string of the molecule is CNc1cc(NCCNC(N)=O)nc(C(C)C)n1. The van der Waals surface area contributed by atoms with Gasteiger partial charge in [0.1, 0.15) is 17.5 Å². The van der Waals surface area contributed by atoms with Gasteiger partial charge in [0.2, 0.25) is 0 Å². The lowest BCUT2D eigenvalue weighted by atomic mass is 10.2. The molecule has 0 fully saturated rings. The molecule has 0 spiro atoms. The Bertz CT molecular complexity index is 407. The van der Waals surface area contributed by atoms with E-state index in [1.54, 1.807) is 0 Å². The molecule has 7 heteroatoms. The standard InChI is InChI=1S/C11H20N6O/c1-7(2)10-16-8(13-3)6-9(17-10)14-4-5-15-11(12)18/h6-7H,4-5H2,1-3H3,(H3,12,15,18)(H2,13,14,16,17). The summed E-state index contributed by atoms with van der Waals surface area (Å²) >= 11 is 0. The number of hydrogen-bond acceptors (Lipinski definition) is 5. The third-order valence-electron chi connectivity index (χ3n) is 2.25. The van der Waals surface area contributed by atoms with Gasteiger partial charge in [0.25, 0.3) is 0 Å². The van der Waals surface area contributed by atoms with E-state index in [1.165, 1.54) is 0 Å². The van der Waals surface area contributed by atoms with Crippen LogP contribution in [0.25, 0.3) is 0 Å². The van der Waals surface area contributed by atoms with Crippen LogP contribution in [0.5, 0.6) is 0 Å². The van der Waals surface area contributed by atoms with Gasteiger partial charge in [-0.15, -0.1) is 0 Å². The van der Waals surface area contributed by atoms with Crippen molar-refractivity contribution >= 4 is 17.7 Å². The number of urea groups is 1. The third kappa shape index (κ3) is 4.44. The van der Waals surface area contributed by atoms with Crippen LogP contribution < -0.4 is 21.7 Å². The Kier molecular flexibility index (Phi) is 5.16. The van der Waals surface area contributed by atoms with Crippen molar-refractivity contribution in [2.24, 2.45) is 5.73 Å². The van der Waals surface area contributed by atoms with Crippen LogP contribution in [-0.4, -0.2) is 36.1 Å². The van der Waals surface area contributed by atoms with E-state index in [1.807, 2.05) is 27.0 Å². The molecule has 0 aliphatic carbocycles. The smallest absolute Gasteiger partial charge is 0.312 e. The molecule has 0 radical (unpaired) electrons. The zero-order chi connectivity index (χ0) is 13.5. The van der Waals surface area contributed by atoms with Gasteiger partial charge in [0.05, 0.1) is 0 Å². The lowest BCUT2D eigenvalue weighted by Crippen LogP contribution is -2.33. The van der Waals surface area contributed by atoms with E-state index < -0.39 is 6.03 Å². The van der Waals surface area contributed by atoms with Crippen LogP contribution in [0.4, 0.5) is 16.4 Å². The van der Waals surface area contributed by atoms with Crippen molar-refractivity contribution in [3.8, 4) is 0 Å². The lowest BCUT2D eigenvalue weighted by Gasteiger charge is -2.11. The molecule has 0 unspecified atom stereocenters. The van der Waals surface area contributed by atoms with Crippen molar-refractivity contribution in [2.75, 3.05) is 30.8 Å². The van der Waals surface area contributed by atoms with Gasteiger partial charge in [-0.05, 0) is 0 Å². The van der Waals surface area contributed by atoms with Gasteiger partial charge in [-0.2, -0.15) is 0 Å². The van der Waals surface area contributed by atoms with Gasteiger partial charge in [-0.25, -0.2) is 14.8 Å². The van der Waals surface area contributed by atoms with Crippen LogP contribution in [0.15, 0.2) is 6.07 Å². The number of amides is 2. The molecule has 1 aromatic heterocycles. The lowest BCUT2D eigenvalue weighted by molar-refractivity contribution is 0.249. The quantitative estimate of drug-likeness (QED) is 0.558. The Hall–Kier alpha value is -2.05. The number of nitrogens with one attached hydrogen (secondary N) is 3. The van der Waals surface area contributed by atoms with E-state index in [0.717, 1.165) is 17.5 Å². The second kappa shape index (κ2) is 6.63. The average molecular weight is 252 g/mol. The van der Waals surface area contributed by atoms with E-state index in [2.05, 4.69) is 25.9 Å². The van der Waals surface area contributed by atoms with E-state index in [-0.39, 0.29) is 5.92 Å². The highest BCUT2D eigenvalue weighted by Crippen LogP contribution is 2.16. The zero-order valence-corrected chi connectivity index (χ0v) is 10.9. The first-order valence-corrected chi connectivity index (χ1v) is 5.87. The fraction of sp³-hybridized carbons (Fsp3) is 0.545. The number of rotatable bonds is 6. The first kappa shape index (κ1) is 14.0. The average Bonchev–Trinajstić information content (AvgIpc) is 2.34. The fourth-order valence-electron chi connectivity index (χ4n) is 1.32. The summed E-state index contributed by atoms with van der Waals surface area (Å²) in [6.07, 6.45) is 0. The van der Waals surface area contributed by atoms with E-state index in [9.17, 15) is 4.79 Å². The monoisotopic (exact) mass is 252 g/mol. The first-order chi connectivity index (χ1) is 8.52. The van der Waals surface area contributed by atoms with Crippen LogP contribution >= 0.6 is 0 Å². The molecule has 0 saturated carbocycles. The predicted molar refractivity (Wildman–Crippen MR) is 71.7 cm³/mol. The molecule has 5 N–H and O–H groups in total. The number of nitrogens with zero attached hydrogens (tertiary/aromatic N) is 2. The molecule has 0 aliphatic heterocycles. The summed E-state index contributed by atoms with van der Waals surface area (Å²) in [7, 11) is 1.81. The molecular weight excluding hydrogens is 232 g/mol. The summed E-state index contributed by atoms with van der Waals surface area (Å²) in [6, 6.07) is 1.29. The van der Waals surface area contributed by atoms with Crippen LogP contribution in [0.2, 0.25) is 0 Å². The molecule has 1 aromatic rings. The summed E-state index contributed by atoms with van der Waals surface area (Å²) in [5.41, 5.74) is 4.97. The fourth-order valence-corrected chi connectivity index (χ4v) is 1.32. The van der Waals surface area contributed by atoms with Gasteiger partial charge < -0.3 is 21.7 Å². The second-order valence-electron chi connectivity index (χ2n) is 4.12. The van der Waals surface area contributed by atoms with E-state index >= 15 is 0 Å². The minimum absolute atomic E-state index is 0.252. The Morgan fingerprint density at radius 3 is 2.56 bits per heavy atom. The van der Waals surface area contributed by atoms with Gasteiger partial charge in [0.15, 0.2) is 0 Å². The summed E-state index contributed by atoms with van der Waals surface area (Å²) in [5, 5.41) is 8.60. The van der Waals surface area contributed by atoms with Crippen molar-refractivity contribution in [2.45, 2.75) is 19.8 Å². The van der Waals surface area contributed by atoms with Crippen molar-refractivity contribution in [3.05, 3.63) is 11.9 Å². The first-order valence-electron chi connectivity index (χ1n) is 5.87. The number of primary amides is 1. The minimum Gasteiger partial charge on any atom is -0.373 e. The maximum Gasteiger partial charge on any atom is 0.312 e. The highest BCUT2D eigenvalue weighted by molar-refractivity contribution is 5.71. The molecular formula is C11H20N6O. The maximum atomic E-state index is 10.5. The summed E-state index contributed by atoms with van der Waals surface area (Å²) < 4.78 is 0. The van der Waals surface area contributed by atoms with Gasteiger partial charge in [-0.1, -0.05) is 13.8 Å². The topological polar surface area (TPSA) is 105 Å². The molecule has 7 nitrogen and oxygen atoms in total. The van der Waals surface area contributed by atoms with Crippen molar-refractivity contribution in [1.29, 1.82) is 0 Å². The Morgan fingerprint density at radius 1 is 1.33 bits per heavy atom. The Labute approximate surface area is 107 Å². The second-order valence-corrected chi connectivity index (χ2v) is 4.12. The predicted octanol–water partition coefficient (Wildman–Crippen LogP) is 0.722. The highest BCUT2D eigenvalue weighted by Gasteiger charge is 2.07. The van der Waals surface area contributed by atoms with Crippen molar-refractivity contribution < 1.29 is 4.79 Å². The number of carbonyl (C=O) groups is 1. The largest absolute Gasteiger partial charge is 0.373 e. The highest BCUT2D eigenvalue weighted by atomic mass is 16.2. The van der Waals surface area contributed by atoms with Crippen LogP contribution in [-0.2, 0) is 0 Å². The molecule has 0 saturated heterocycles. The molecule has 0 bridgehead atoms. The molecule has 18 heavy (non-hydrogen) atoms. The Morgan fingerprint density at radius 2 is 2.00 bits per heavy atom. The van der Waals surface area contributed by atoms with Gasteiger partial charge in [-0.3, -0.25) is 0 Å². The molecule has 1 rings (SSSR count). The summed E-state index contributed by atoms with van der Waals surface area (Å²) in [4.78, 5) is 19.2. The summed E-state index contributed by atoms with van der Waals surface area (Å²) in [5.74, 6) is 2.51. The van der Waals surface area contributed by atoms with Crippen LogP contribution in [0.1, 0.15) is 25.6 Å². The number of hydrogen-bond donors (Lipinski definition) is 4. The van der Waals surface area contributed by atoms with Gasteiger partial charge >= 0.3 is 6.03 Å². The third-order valence-corrected chi connectivity index (χ3v) is 2.25. The number of carbonyl (C=O) groups excluding carboxylic acids is 1. The van der Waals surface area contributed by atoms with E-state index in [4.69, 9.17) is 5.73 Å². The maximum absolute atomic E-state index is 10.5. The normalized spacial score (nSPS) is 10.2. The zero-order valence-electron chi connectivity index (χ0n) is 10.9. The van der Waals surface area contributed by atoms with E-state index in [0.29, 0.717) is 13.1 Å². The van der Waals surface area contributed by atoms with Crippen molar-refractivity contribution in [1.82, 2.24) is 15.3 Å². The molecule has 100 valence electrons. The van der Waals surface area contributed by atoms with Crippen LogP contribution in [0.3, 0.4) is 0 Å². The molecule has 0 atom stereocenters. The number of anilines is 2. The molecule has 0 aliphatic rings. The van der Waals surface area contributed by atoms with Crippen molar-refractivity contribution in [3.63, 3.8) is 0 Å². The van der Waals surface area contributed by atoms with Gasteiger partial charge in [0, 0.05) is 32.1 Å². The van der Waals surface area contributed by atoms with Crippen LogP contribution in [0, 0.1) is 0 Å².